The van der Waals surface area contributed by atoms with Gasteiger partial charge in [0.05, 0.1) is 18.2 Å². The summed E-state index contributed by atoms with van der Waals surface area (Å²) >= 11 is 0. The number of hydrogen-bond acceptors (Lipinski definition) is 16. The Labute approximate surface area is 225 Å². The van der Waals surface area contributed by atoms with Crippen molar-refractivity contribution in [1.82, 2.24) is 0 Å². The molecule has 0 radical (unpaired) electrons. The first-order chi connectivity index (χ1) is 18.3. The second kappa shape index (κ2) is 13.8. The molecule has 2 aliphatic heterocycles. The van der Waals surface area contributed by atoms with Crippen molar-refractivity contribution in [2.75, 3.05) is 13.1 Å². The number of nitrogens with two attached hydrogens (primary N) is 4. The lowest BCUT2D eigenvalue weighted by Crippen LogP contribution is -2.67. The molecule has 1 saturated carbocycles. The van der Waals surface area contributed by atoms with Crippen molar-refractivity contribution in [1.29, 1.82) is 0 Å². The van der Waals surface area contributed by atoms with Crippen molar-refractivity contribution < 1.29 is 59.5 Å². The Morgan fingerprint density at radius 3 is 2.10 bits per heavy atom. The van der Waals surface area contributed by atoms with E-state index in [1.807, 2.05) is 0 Å². The molecule has 3 fully saturated rings. The maximum Gasteiger partial charge on any atom is 0.187 e. The van der Waals surface area contributed by atoms with Crippen LogP contribution in [0.25, 0.3) is 0 Å². The average Bonchev–Trinajstić information content (AvgIpc) is 3.16. The number of rotatable bonds is 11. The highest BCUT2D eigenvalue weighted by atomic mass is 16.7. The monoisotopic (exact) mass is 568 g/mol. The minimum Gasteiger partial charge on any atom is -0.391 e. The maximum absolute atomic E-state index is 12.5. The lowest BCUT2D eigenvalue weighted by Gasteiger charge is -2.48. The lowest BCUT2D eigenvalue weighted by atomic mass is 9.76. The first-order valence-corrected chi connectivity index (χ1v) is 13.1. The highest BCUT2D eigenvalue weighted by molar-refractivity contribution is 5.83. The zero-order valence-corrected chi connectivity index (χ0v) is 21.8. The van der Waals surface area contributed by atoms with Gasteiger partial charge in [0.2, 0.25) is 0 Å². The number of aliphatic hydroxyl groups is 7. The SMILES string of the molecule is C[C@@H](O)C1O[C@H](O[C@@H]2C(N)C[C@@H](CC(=O)[C@@H](O)CCN)C(O)[C@H]2O[C@@H]2O[C@H](CN)[C@H](O)C2O)C(N)[C@@H](O)[C@@H]1O. The molecular formula is C23H44N4O12. The third-order valence-electron chi connectivity index (χ3n) is 7.71. The van der Waals surface area contributed by atoms with Crippen molar-refractivity contribution >= 4 is 5.78 Å². The van der Waals surface area contributed by atoms with Gasteiger partial charge in [-0.3, -0.25) is 4.79 Å². The number of ketones is 1. The summed E-state index contributed by atoms with van der Waals surface area (Å²) in [5.41, 5.74) is 23.4. The maximum atomic E-state index is 12.5. The van der Waals surface area contributed by atoms with E-state index in [1.54, 1.807) is 0 Å². The highest BCUT2D eigenvalue weighted by Crippen LogP contribution is 2.36. The zero-order chi connectivity index (χ0) is 29.2. The summed E-state index contributed by atoms with van der Waals surface area (Å²) in [6, 6.07) is -2.22. The normalized spacial score (nSPS) is 46.7. The van der Waals surface area contributed by atoms with E-state index in [0.29, 0.717) is 0 Å². The van der Waals surface area contributed by atoms with Gasteiger partial charge in [0.25, 0.3) is 0 Å². The van der Waals surface area contributed by atoms with Crippen LogP contribution in [0, 0.1) is 5.92 Å². The highest BCUT2D eigenvalue weighted by Gasteiger charge is 2.53. The number of carbonyl (C=O) groups is 1. The summed E-state index contributed by atoms with van der Waals surface area (Å²) in [5, 5.41) is 72.7. The molecule has 16 heteroatoms. The second-order valence-corrected chi connectivity index (χ2v) is 10.6. The third-order valence-corrected chi connectivity index (χ3v) is 7.71. The molecule has 3 aliphatic rings. The Hall–Kier alpha value is -0.930. The van der Waals surface area contributed by atoms with Gasteiger partial charge in [-0.2, -0.15) is 0 Å². The molecule has 0 aromatic rings. The first-order valence-electron chi connectivity index (χ1n) is 13.1. The van der Waals surface area contributed by atoms with Gasteiger partial charge in [0, 0.05) is 19.0 Å². The number of Topliss-reactive ketones (excluding diaryl/α,β-unsaturated/α-hetero) is 1. The summed E-state index contributed by atoms with van der Waals surface area (Å²) in [6.45, 7) is 1.29. The molecule has 0 spiro atoms. The fourth-order valence-corrected chi connectivity index (χ4v) is 5.35. The Bertz CT molecular complexity index is 798. The quantitative estimate of drug-likeness (QED) is 0.110. The molecule has 16 nitrogen and oxygen atoms in total. The third kappa shape index (κ3) is 7.11. The molecule has 2 heterocycles. The molecule has 39 heavy (non-hydrogen) atoms. The summed E-state index contributed by atoms with van der Waals surface area (Å²) in [4.78, 5) is 12.5. The van der Waals surface area contributed by atoms with E-state index in [0.717, 1.165) is 0 Å². The van der Waals surface area contributed by atoms with Crippen LogP contribution in [0.1, 0.15) is 26.2 Å². The van der Waals surface area contributed by atoms with E-state index < -0.39 is 104 Å². The van der Waals surface area contributed by atoms with Crippen molar-refractivity contribution in [3.63, 3.8) is 0 Å². The number of hydrogen-bond donors (Lipinski definition) is 11. The molecule has 1 aliphatic carbocycles. The molecule has 3 rings (SSSR count). The van der Waals surface area contributed by atoms with Crippen LogP contribution in [0.15, 0.2) is 0 Å². The van der Waals surface area contributed by atoms with E-state index >= 15 is 0 Å². The molecule has 0 aromatic heterocycles. The molecule has 5 unspecified atom stereocenters. The standard InChI is InChI=1S/C23H44N4O12/c1-7(28)19-17(34)16(33)13(27)22(37-19)38-20-9(26)4-8(5-11(30)10(29)2-3-24)14(31)21(20)39-23-18(35)15(32)12(6-25)36-23/h7-10,12-23,28-29,31-35H,2-6,24-27H2,1H3/t7-,8+,9?,10+,12-,13?,14?,15+,16-,17+,18?,19?,20-,21-,22-,23+/m1/s1. The van der Waals surface area contributed by atoms with Crippen LogP contribution >= 0.6 is 0 Å². The Balaban J connectivity index is 1.85. The predicted molar refractivity (Wildman–Crippen MR) is 131 cm³/mol. The van der Waals surface area contributed by atoms with Crippen molar-refractivity contribution in [2.45, 2.75) is 118 Å². The van der Waals surface area contributed by atoms with Crippen LogP contribution < -0.4 is 22.9 Å². The minimum absolute atomic E-state index is 0.0296. The van der Waals surface area contributed by atoms with Gasteiger partial charge in [-0.05, 0) is 32.2 Å². The van der Waals surface area contributed by atoms with E-state index in [1.165, 1.54) is 6.92 Å². The van der Waals surface area contributed by atoms with Crippen LogP contribution in [-0.4, -0.2) is 146 Å². The molecular weight excluding hydrogens is 524 g/mol. The summed E-state index contributed by atoms with van der Waals surface area (Å²) in [6.07, 6.45) is -17.9. The van der Waals surface area contributed by atoms with Gasteiger partial charge in [-0.15, -0.1) is 0 Å². The van der Waals surface area contributed by atoms with Gasteiger partial charge in [-0.25, -0.2) is 0 Å². The summed E-state index contributed by atoms with van der Waals surface area (Å²) < 4.78 is 23.0. The summed E-state index contributed by atoms with van der Waals surface area (Å²) in [7, 11) is 0. The molecule has 2 saturated heterocycles. The van der Waals surface area contributed by atoms with Crippen LogP contribution in [0.5, 0.6) is 0 Å². The van der Waals surface area contributed by atoms with Gasteiger partial charge >= 0.3 is 0 Å². The van der Waals surface area contributed by atoms with E-state index in [-0.39, 0.29) is 32.4 Å². The van der Waals surface area contributed by atoms with Crippen molar-refractivity contribution in [3.05, 3.63) is 0 Å². The average molecular weight is 569 g/mol. The van der Waals surface area contributed by atoms with Gasteiger partial charge in [-0.1, -0.05) is 0 Å². The molecule has 228 valence electrons. The Morgan fingerprint density at radius 2 is 1.54 bits per heavy atom. The summed E-state index contributed by atoms with van der Waals surface area (Å²) in [5.74, 6) is -1.36. The first kappa shape index (κ1) is 32.6. The Kier molecular flexibility index (Phi) is 11.5. The van der Waals surface area contributed by atoms with Gasteiger partial charge in [0.1, 0.15) is 54.9 Å². The Morgan fingerprint density at radius 1 is 0.897 bits per heavy atom. The molecule has 0 aromatic carbocycles. The van der Waals surface area contributed by atoms with E-state index in [2.05, 4.69) is 0 Å². The largest absolute Gasteiger partial charge is 0.391 e. The smallest absolute Gasteiger partial charge is 0.187 e. The predicted octanol–water partition coefficient (Wildman–Crippen LogP) is -6.31. The minimum atomic E-state index is -1.54. The molecule has 0 amide bonds. The number of aliphatic hydroxyl groups excluding tert-OH is 7. The molecule has 0 bridgehead atoms. The molecule has 16 atom stereocenters. The van der Waals surface area contributed by atoms with Gasteiger partial charge in [0.15, 0.2) is 18.4 Å². The van der Waals surface area contributed by atoms with Crippen LogP contribution in [0.4, 0.5) is 0 Å². The number of ether oxygens (including phenoxy) is 4. The van der Waals surface area contributed by atoms with Crippen LogP contribution in [0.2, 0.25) is 0 Å². The van der Waals surface area contributed by atoms with Crippen LogP contribution in [-0.2, 0) is 23.7 Å². The second-order valence-electron chi connectivity index (χ2n) is 10.6. The van der Waals surface area contributed by atoms with Crippen molar-refractivity contribution in [3.8, 4) is 0 Å². The molecule has 15 N–H and O–H groups in total. The topological polar surface area (TPSA) is 300 Å². The lowest BCUT2D eigenvalue weighted by molar-refractivity contribution is -0.317. The van der Waals surface area contributed by atoms with E-state index in [4.69, 9.17) is 41.9 Å². The fourth-order valence-electron chi connectivity index (χ4n) is 5.35. The number of carbonyl (C=O) groups excluding carboxylic acids is 1. The van der Waals surface area contributed by atoms with Gasteiger partial charge < -0.3 is 77.6 Å². The fraction of sp³-hybridized carbons (Fsp3) is 0.957. The van der Waals surface area contributed by atoms with Crippen LogP contribution in [0.3, 0.4) is 0 Å². The zero-order valence-electron chi connectivity index (χ0n) is 21.8. The van der Waals surface area contributed by atoms with E-state index in [9.17, 15) is 40.5 Å². The van der Waals surface area contributed by atoms with Crippen molar-refractivity contribution in [2.24, 2.45) is 28.9 Å².